The summed E-state index contributed by atoms with van der Waals surface area (Å²) in [5.74, 6) is 0.207. The number of non-ortho nitro benzene ring substituents is 1. The van der Waals surface area contributed by atoms with E-state index in [-0.39, 0.29) is 27.9 Å². The lowest BCUT2D eigenvalue weighted by molar-refractivity contribution is -0.384. The molecule has 11 heteroatoms. The molecule has 0 radical (unpaired) electrons. The van der Waals surface area contributed by atoms with E-state index >= 15 is 0 Å². The highest BCUT2D eigenvalue weighted by atomic mass is 32.2. The molecule has 0 amide bonds. The topological polar surface area (TPSA) is 113 Å². The van der Waals surface area contributed by atoms with Gasteiger partial charge in [0.15, 0.2) is 5.16 Å². The molecular weight excluding hydrogens is 421 g/mol. The number of thioether (sulfide) groups is 1. The number of nitro groups is 1. The fourth-order valence-corrected chi connectivity index (χ4v) is 3.39. The van der Waals surface area contributed by atoms with Crippen LogP contribution in [0.15, 0.2) is 58.5 Å². The average molecular weight is 432 g/mol. The third kappa shape index (κ3) is 4.66. The summed E-state index contributed by atoms with van der Waals surface area (Å²) < 4.78 is 39.1. The van der Waals surface area contributed by atoms with Crippen LogP contribution in [-0.4, -0.2) is 14.9 Å². The van der Waals surface area contributed by atoms with Crippen LogP contribution >= 0.6 is 11.8 Å². The van der Waals surface area contributed by atoms with E-state index in [1.54, 1.807) is 12.1 Å². The first-order chi connectivity index (χ1) is 14.2. The Labute approximate surface area is 171 Å². The van der Waals surface area contributed by atoms with Gasteiger partial charge in [0.25, 0.3) is 11.2 Å². The number of alkyl halides is 3. The molecule has 1 N–H and O–H groups in total. The molecule has 1 aromatic heterocycles. The highest BCUT2D eigenvalue weighted by Crippen LogP contribution is 2.32. The second-order valence-electron chi connectivity index (χ2n) is 6.00. The Morgan fingerprint density at radius 1 is 1.20 bits per heavy atom. The van der Waals surface area contributed by atoms with Crippen molar-refractivity contribution < 1.29 is 18.1 Å². The zero-order valence-electron chi connectivity index (χ0n) is 14.9. The van der Waals surface area contributed by atoms with Crippen molar-refractivity contribution >= 4 is 17.4 Å². The van der Waals surface area contributed by atoms with Gasteiger partial charge in [-0.15, -0.1) is 0 Å². The lowest BCUT2D eigenvalue weighted by Crippen LogP contribution is -2.15. The lowest BCUT2D eigenvalue weighted by Gasteiger charge is -2.10. The number of nitrogens with one attached hydrogen (secondary N) is 1. The zero-order chi connectivity index (χ0) is 21.9. The van der Waals surface area contributed by atoms with Crippen LogP contribution in [0, 0.1) is 21.4 Å². The van der Waals surface area contributed by atoms with E-state index in [1.165, 1.54) is 24.3 Å². The van der Waals surface area contributed by atoms with Crippen molar-refractivity contribution in [1.82, 2.24) is 9.97 Å². The van der Waals surface area contributed by atoms with Crippen LogP contribution in [0.5, 0.6) is 0 Å². The van der Waals surface area contributed by atoms with Crippen LogP contribution in [0.1, 0.15) is 16.7 Å². The van der Waals surface area contributed by atoms with Gasteiger partial charge in [-0.05, 0) is 17.7 Å². The number of hydrogen-bond acceptors (Lipinski definition) is 6. The lowest BCUT2D eigenvalue weighted by atomic mass is 10.0. The van der Waals surface area contributed by atoms with E-state index in [0.717, 1.165) is 30.0 Å². The van der Waals surface area contributed by atoms with E-state index in [9.17, 15) is 33.3 Å². The number of nitriles is 1. The Hall–Kier alpha value is -3.65. The first-order valence-corrected chi connectivity index (χ1v) is 9.26. The van der Waals surface area contributed by atoms with Crippen molar-refractivity contribution in [3.05, 3.63) is 85.7 Å². The molecule has 0 saturated carbocycles. The smallest absolute Gasteiger partial charge is 0.300 e. The molecule has 3 rings (SSSR count). The quantitative estimate of drug-likeness (QED) is 0.274. The minimum atomic E-state index is -4.59. The normalized spacial score (nSPS) is 11.1. The van der Waals surface area contributed by atoms with Gasteiger partial charge in [-0.1, -0.05) is 36.0 Å². The molecule has 0 atom stereocenters. The summed E-state index contributed by atoms with van der Waals surface area (Å²) in [6.45, 7) is 0. The summed E-state index contributed by atoms with van der Waals surface area (Å²) in [6, 6.07) is 11.7. The second-order valence-corrected chi connectivity index (χ2v) is 6.96. The van der Waals surface area contributed by atoms with Crippen LogP contribution in [0.3, 0.4) is 0 Å². The van der Waals surface area contributed by atoms with Crippen LogP contribution in [-0.2, 0) is 11.9 Å². The first kappa shape index (κ1) is 21.1. The van der Waals surface area contributed by atoms with Crippen molar-refractivity contribution in [3.63, 3.8) is 0 Å². The predicted molar refractivity (Wildman–Crippen MR) is 103 cm³/mol. The Morgan fingerprint density at radius 2 is 1.93 bits per heavy atom. The molecule has 0 saturated heterocycles. The van der Waals surface area contributed by atoms with Crippen LogP contribution in [0.25, 0.3) is 11.3 Å². The van der Waals surface area contributed by atoms with E-state index in [1.807, 2.05) is 0 Å². The van der Waals surface area contributed by atoms with Gasteiger partial charge in [0.05, 0.1) is 16.2 Å². The largest absolute Gasteiger partial charge is 0.416 e. The number of aromatic amines is 1. The second kappa shape index (κ2) is 8.38. The number of nitrogens with zero attached hydrogens (tertiary/aromatic N) is 3. The molecule has 0 aliphatic carbocycles. The van der Waals surface area contributed by atoms with Gasteiger partial charge in [0.1, 0.15) is 11.6 Å². The van der Waals surface area contributed by atoms with Crippen molar-refractivity contribution in [3.8, 4) is 17.3 Å². The molecule has 30 heavy (non-hydrogen) atoms. The van der Waals surface area contributed by atoms with Gasteiger partial charge in [0.2, 0.25) is 0 Å². The number of nitro benzene ring substituents is 1. The standard InChI is InChI=1S/C19H11F3N4O3S/c20-19(21,22)13-5-2-4-12(8-13)16-15(9-23)17(27)25-18(24-16)30-10-11-3-1-6-14(7-11)26(28)29/h1-8H,10H2,(H,24,25,27). The number of halogens is 3. The van der Waals surface area contributed by atoms with Crippen LogP contribution < -0.4 is 5.56 Å². The summed E-state index contributed by atoms with van der Waals surface area (Å²) in [5.41, 5.74) is -1.84. The summed E-state index contributed by atoms with van der Waals surface area (Å²) in [6.07, 6.45) is -4.59. The number of benzene rings is 2. The molecule has 0 bridgehead atoms. The van der Waals surface area contributed by atoms with Gasteiger partial charge >= 0.3 is 6.18 Å². The SMILES string of the molecule is N#Cc1c(-c2cccc(C(F)(F)F)c2)nc(SCc2cccc([N+](=O)[O-])c2)[nH]c1=O. The summed E-state index contributed by atoms with van der Waals surface area (Å²) in [7, 11) is 0. The molecule has 152 valence electrons. The minimum Gasteiger partial charge on any atom is -0.300 e. The van der Waals surface area contributed by atoms with Crippen molar-refractivity contribution in [1.29, 1.82) is 5.26 Å². The third-order valence-electron chi connectivity index (χ3n) is 3.97. The van der Waals surface area contributed by atoms with Gasteiger partial charge in [-0.3, -0.25) is 14.9 Å². The molecule has 0 aliphatic heterocycles. The molecule has 0 unspecified atom stereocenters. The fourth-order valence-electron chi connectivity index (χ4n) is 2.59. The van der Waals surface area contributed by atoms with Gasteiger partial charge in [-0.25, -0.2) is 4.98 Å². The Bertz CT molecular complexity index is 1220. The number of hydrogen-bond donors (Lipinski definition) is 1. The molecule has 0 spiro atoms. The maximum atomic E-state index is 13.0. The highest BCUT2D eigenvalue weighted by molar-refractivity contribution is 7.98. The van der Waals surface area contributed by atoms with Crippen LogP contribution in [0.4, 0.5) is 18.9 Å². The van der Waals surface area contributed by atoms with E-state index in [0.29, 0.717) is 5.56 Å². The van der Waals surface area contributed by atoms with Crippen LogP contribution in [0.2, 0.25) is 0 Å². The van der Waals surface area contributed by atoms with E-state index in [4.69, 9.17) is 0 Å². The summed E-state index contributed by atoms with van der Waals surface area (Å²) in [4.78, 5) is 29.2. The summed E-state index contributed by atoms with van der Waals surface area (Å²) in [5, 5.41) is 20.2. The monoisotopic (exact) mass is 432 g/mol. The summed E-state index contributed by atoms with van der Waals surface area (Å²) >= 11 is 1.02. The maximum absolute atomic E-state index is 13.0. The molecular formula is C19H11F3N4O3S. The number of rotatable bonds is 5. The Morgan fingerprint density at radius 3 is 2.60 bits per heavy atom. The maximum Gasteiger partial charge on any atom is 0.416 e. The molecule has 0 aliphatic rings. The van der Waals surface area contributed by atoms with E-state index in [2.05, 4.69) is 9.97 Å². The van der Waals surface area contributed by atoms with Gasteiger partial charge in [-0.2, -0.15) is 18.4 Å². The average Bonchev–Trinajstić information content (AvgIpc) is 2.71. The van der Waals surface area contributed by atoms with Gasteiger partial charge < -0.3 is 4.98 Å². The van der Waals surface area contributed by atoms with Crippen molar-refractivity contribution in [2.45, 2.75) is 17.1 Å². The first-order valence-electron chi connectivity index (χ1n) is 8.27. The van der Waals surface area contributed by atoms with Crippen molar-refractivity contribution in [2.75, 3.05) is 0 Å². The van der Waals surface area contributed by atoms with Crippen molar-refractivity contribution in [2.24, 2.45) is 0 Å². The number of aromatic nitrogens is 2. The third-order valence-corrected chi connectivity index (χ3v) is 4.91. The van der Waals surface area contributed by atoms with E-state index < -0.39 is 27.8 Å². The molecule has 2 aromatic carbocycles. The Kier molecular flexibility index (Phi) is 5.89. The fraction of sp³-hybridized carbons (Fsp3) is 0.105. The Balaban J connectivity index is 1.97. The predicted octanol–water partition coefficient (Wildman–Crippen LogP) is 4.53. The molecule has 3 aromatic rings. The molecule has 0 fully saturated rings. The minimum absolute atomic E-state index is 0.0235. The van der Waals surface area contributed by atoms with Gasteiger partial charge in [0, 0.05) is 23.4 Å². The molecule has 1 heterocycles. The molecule has 7 nitrogen and oxygen atoms in total. The highest BCUT2D eigenvalue weighted by Gasteiger charge is 2.31. The number of H-pyrrole nitrogens is 1. The zero-order valence-corrected chi connectivity index (χ0v) is 15.8.